The Bertz CT molecular complexity index is 871. The molecule has 0 bridgehead atoms. The predicted octanol–water partition coefficient (Wildman–Crippen LogP) is -0.627. The molecule has 0 aromatic carbocycles. The number of likely N-dealkylation sites (N-methyl/N-ethyl adjacent to an activating group) is 1. The topological polar surface area (TPSA) is 87.7 Å². The number of aromatic nitrogens is 2. The summed E-state index contributed by atoms with van der Waals surface area (Å²) in [6.07, 6.45) is 8.85. The Morgan fingerprint density at radius 2 is 2.27 bits per heavy atom. The Balaban J connectivity index is 1.88. The van der Waals surface area contributed by atoms with Gasteiger partial charge in [-0.15, -0.1) is 0 Å². The van der Waals surface area contributed by atoms with E-state index in [0.29, 0.717) is 18.8 Å². The standard InChI is InChI=1S/C19H26N6O/c1-13-21-17-11-15(23-18(26)5-4-9-24(2)3)6-7-16(17)19(22-13)25-10-8-14(20)12-25/h4-5,7,11,14H,6,8-10,12,20H2,1-3H3/b5-4+,23-15?/t14-/m1/s1. The van der Waals surface area contributed by atoms with Crippen molar-refractivity contribution in [2.24, 2.45) is 10.7 Å². The number of nitrogens with zero attached hydrogens (tertiary/aromatic N) is 5. The number of carbonyl (C=O) groups excluding carboxylic acids is 1. The van der Waals surface area contributed by atoms with Crippen LogP contribution in [0.2, 0.25) is 0 Å². The van der Waals surface area contributed by atoms with E-state index in [1.807, 2.05) is 38.1 Å². The van der Waals surface area contributed by atoms with Gasteiger partial charge in [-0.25, -0.2) is 15.0 Å². The van der Waals surface area contributed by atoms with Gasteiger partial charge in [0.15, 0.2) is 0 Å². The predicted molar refractivity (Wildman–Crippen MR) is 105 cm³/mol. The molecule has 1 fully saturated rings. The summed E-state index contributed by atoms with van der Waals surface area (Å²) in [4.78, 5) is 29.6. The molecule has 0 radical (unpaired) electrons. The maximum Gasteiger partial charge on any atom is 0.269 e. The number of hydrogen-bond donors (Lipinski definition) is 1. The maximum absolute atomic E-state index is 12.0. The van der Waals surface area contributed by atoms with Crippen LogP contribution in [0.3, 0.4) is 0 Å². The first-order valence-corrected chi connectivity index (χ1v) is 8.92. The summed E-state index contributed by atoms with van der Waals surface area (Å²) in [6, 6.07) is 0.192. The minimum Gasteiger partial charge on any atom is -0.354 e. The lowest BCUT2D eigenvalue weighted by Crippen LogP contribution is -2.40. The van der Waals surface area contributed by atoms with Crippen LogP contribution in [0.5, 0.6) is 0 Å². The smallest absolute Gasteiger partial charge is 0.269 e. The molecule has 138 valence electrons. The highest BCUT2D eigenvalue weighted by atomic mass is 16.1. The minimum atomic E-state index is -0.244. The summed E-state index contributed by atoms with van der Waals surface area (Å²) in [7, 11) is 3.91. The number of fused-ring (bicyclic) bond motifs is 1. The molecule has 0 spiro atoms. The maximum atomic E-state index is 12.0. The van der Waals surface area contributed by atoms with Gasteiger partial charge in [-0.3, -0.25) is 4.79 Å². The summed E-state index contributed by atoms with van der Waals surface area (Å²) < 4.78 is 0. The first-order valence-electron chi connectivity index (χ1n) is 8.92. The molecule has 1 atom stereocenters. The zero-order chi connectivity index (χ0) is 18.7. The lowest BCUT2D eigenvalue weighted by atomic mass is 10.1. The van der Waals surface area contributed by atoms with Gasteiger partial charge >= 0.3 is 0 Å². The van der Waals surface area contributed by atoms with Gasteiger partial charge < -0.3 is 15.5 Å². The van der Waals surface area contributed by atoms with Gasteiger partial charge in [0.05, 0.1) is 11.1 Å². The second-order valence-corrected chi connectivity index (χ2v) is 7.05. The Morgan fingerprint density at radius 3 is 2.96 bits per heavy atom. The molecule has 2 N–H and O–H groups in total. The minimum absolute atomic E-state index is 0.192. The summed E-state index contributed by atoms with van der Waals surface area (Å²) in [6.45, 7) is 4.32. The highest BCUT2D eigenvalue weighted by Crippen LogP contribution is 2.13. The summed E-state index contributed by atoms with van der Waals surface area (Å²) in [5, 5.41) is 1.84. The Labute approximate surface area is 153 Å². The number of rotatable bonds is 4. The fourth-order valence-electron chi connectivity index (χ4n) is 3.16. The number of nitrogens with two attached hydrogens (primary N) is 1. The molecular weight excluding hydrogens is 328 g/mol. The second-order valence-electron chi connectivity index (χ2n) is 7.05. The fraction of sp³-hybridized carbons (Fsp3) is 0.474. The third-order valence-electron chi connectivity index (χ3n) is 4.39. The van der Waals surface area contributed by atoms with Crippen molar-refractivity contribution in [3.8, 4) is 0 Å². The van der Waals surface area contributed by atoms with Crippen molar-refractivity contribution in [3.63, 3.8) is 0 Å². The lowest BCUT2D eigenvalue weighted by Gasteiger charge is -2.19. The number of aliphatic imine (C=N–C) groups is 1. The molecule has 1 aromatic heterocycles. The van der Waals surface area contributed by atoms with Crippen LogP contribution in [-0.4, -0.2) is 66.3 Å². The molecule has 2 aliphatic rings. The average molecular weight is 354 g/mol. The third-order valence-corrected chi connectivity index (χ3v) is 4.39. The molecule has 1 aliphatic carbocycles. The first-order chi connectivity index (χ1) is 12.4. The first kappa shape index (κ1) is 18.4. The van der Waals surface area contributed by atoms with E-state index >= 15 is 0 Å². The normalized spacial score (nSPS) is 21.2. The molecule has 2 heterocycles. The molecule has 26 heavy (non-hydrogen) atoms. The number of amides is 1. The van der Waals surface area contributed by atoms with Gasteiger partial charge in [0.2, 0.25) is 0 Å². The van der Waals surface area contributed by atoms with E-state index in [9.17, 15) is 4.79 Å². The SMILES string of the molecule is Cc1nc(N2CC[C@@H](N)C2)c2c(n1)=CC(=NC(=O)/C=C/CN(C)C)CC=2. The van der Waals surface area contributed by atoms with Crippen molar-refractivity contribution in [3.05, 3.63) is 28.5 Å². The molecule has 0 unspecified atom stereocenters. The van der Waals surface area contributed by atoms with Crippen molar-refractivity contribution >= 4 is 29.6 Å². The average Bonchev–Trinajstić information content (AvgIpc) is 2.99. The zero-order valence-corrected chi connectivity index (χ0v) is 15.6. The highest BCUT2D eigenvalue weighted by Gasteiger charge is 2.22. The molecule has 1 aromatic rings. The van der Waals surface area contributed by atoms with Gasteiger partial charge in [-0.05, 0) is 33.5 Å². The second kappa shape index (κ2) is 7.88. The van der Waals surface area contributed by atoms with Gasteiger partial charge in [-0.2, -0.15) is 0 Å². The van der Waals surface area contributed by atoms with Gasteiger partial charge in [0.25, 0.3) is 5.91 Å². The van der Waals surface area contributed by atoms with Crippen LogP contribution in [-0.2, 0) is 4.79 Å². The number of hydrogen-bond acceptors (Lipinski definition) is 6. The molecule has 3 rings (SSSR count). The number of aryl methyl sites for hydroxylation is 1. The quantitative estimate of drug-likeness (QED) is 0.725. The molecule has 7 heteroatoms. The van der Waals surface area contributed by atoms with Crippen molar-refractivity contribution in [2.75, 3.05) is 38.6 Å². The van der Waals surface area contributed by atoms with Crippen molar-refractivity contribution in [1.82, 2.24) is 14.9 Å². The monoisotopic (exact) mass is 354 g/mol. The van der Waals surface area contributed by atoms with Crippen molar-refractivity contribution < 1.29 is 4.79 Å². The van der Waals surface area contributed by atoms with E-state index in [1.165, 1.54) is 6.08 Å². The highest BCUT2D eigenvalue weighted by molar-refractivity contribution is 6.17. The molecule has 1 amide bonds. The van der Waals surface area contributed by atoms with Gasteiger partial charge in [0.1, 0.15) is 11.6 Å². The fourth-order valence-corrected chi connectivity index (χ4v) is 3.16. The van der Waals surface area contributed by atoms with Crippen LogP contribution in [0, 0.1) is 6.92 Å². The van der Waals surface area contributed by atoms with Crippen LogP contribution >= 0.6 is 0 Å². The van der Waals surface area contributed by atoms with E-state index in [-0.39, 0.29) is 11.9 Å². The Hall–Kier alpha value is -2.38. The number of anilines is 1. The van der Waals surface area contributed by atoms with Crippen LogP contribution < -0.4 is 21.2 Å². The largest absolute Gasteiger partial charge is 0.354 e. The van der Waals surface area contributed by atoms with Crippen molar-refractivity contribution in [2.45, 2.75) is 25.8 Å². The van der Waals surface area contributed by atoms with Gasteiger partial charge in [0, 0.05) is 43.4 Å². The molecule has 7 nitrogen and oxygen atoms in total. The van der Waals surface area contributed by atoms with E-state index in [4.69, 9.17) is 5.73 Å². The van der Waals surface area contributed by atoms with Crippen LogP contribution in [0.4, 0.5) is 5.82 Å². The summed E-state index contributed by atoms with van der Waals surface area (Å²) in [5.74, 6) is 1.40. The third kappa shape index (κ3) is 4.42. The van der Waals surface area contributed by atoms with Gasteiger partial charge in [-0.1, -0.05) is 12.2 Å². The number of carbonyl (C=O) groups is 1. The van der Waals surface area contributed by atoms with E-state index in [0.717, 1.165) is 41.6 Å². The summed E-state index contributed by atoms with van der Waals surface area (Å²) in [5.41, 5.74) is 6.76. The van der Waals surface area contributed by atoms with E-state index in [2.05, 4.69) is 25.9 Å². The van der Waals surface area contributed by atoms with Crippen LogP contribution in [0.15, 0.2) is 17.1 Å². The van der Waals surface area contributed by atoms with Crippen LogP contribution in [0.1, 0.15) is 18.7 Å². The zero-order valence-electron chi connectivity index (χ0n) is 15.6. The molecular formula is C19H26N6O. The van der Waals surface area contributed by atoms with E-state index < -0.39 is 0 Å². The molecule has 1 saturated heterocycles. The molecule has 0 saturated carbocycles. The lowest BCUT2D eigenvalue weighted by molar-refractivity contribution is -0.113. The van der Waals surface area contributed by atoms with Crippen molar-refractivity contribution in [1.29, 1.82) is 0 Å². The van der Waals surface area contributed by atoms with E-state index in [1.54, 1.807) is 0 Å². The molecule has 1 aliphatic heterocycles. The Morgan fingerprint density at radius 1 is 1.46 bits per heavy atom. The summed E-state index contributed by atoms with van der Waals surface area (Å²) >= 11 is 0. The van der Waals surface area contributed by atoms with Crippen LogP contribution in [0.25, 0.3) is 12.2 Å². The Kier molecular flexibility index (Phi) is 5.58.